The first kappa shape index (κ1) is 10.0. The van der Waals surface area contributed by atoms with Crippen LogP contribution in [0.1, 0.15) is 27.2 Å². The van der Waals surface area contributed by atoms with E-state index in [2.05, 4.69) is 31.8 Å². The van der Waals surface area contributed by atoms with E-state index in [1.807, 2.05) is 6.08 Å². The molecule has 1 aliphatic rings. The number of rotatable bonds is 0. The third-order valence-electron chi connectivity index (χ3n) is 2.00. The van der Waals surface area contributed by atoms with Crippen LogP contribution in [-0.2, 0) is 4.74 Å². The first-order valence-corrected chi connectivity index (χ1v) is 4.59. The lowest BCUT2D eigenvalue weighted by Crippen LogP contribution is -2.08. The Balaban J connectivity index is 2.96. The Bertz CT molecular complexity index is 274. The summed E-state index contributed by atoms with van der Waals surface area (Å²) in [5, 5.41) is 0. The molecular formula is C11H17NO. The normalized spacial score (nSPS) is 23.7. The molecule has 1 atom stereocenters. The zero-order valence-corrected chi connectivity index (χ0v) is 8.79. The molecule has 0 radical (unpaired) electrons. The Morgan fingerprint density at radius 3 is 2.69 bits per heavy atom. The molecule has 72 valence electrons. The summed E-state index contributed by atoms with van der Waals surface area (Å²) in [6.07, 6.45) is 5.17. The van der Waals surface area contributed by atoms with Gasteiger partial charge < -0.3 is 4.74 Å². The largest absolute Gasteiger partial charge is 0.481 e. The molecule has 0 saturated heterocycles. The quantitative estimate of drug-likeness (QED) is 0.560. The minimum atomic E-state index is 0.315. The van der Waals surface area contributed by atoms with Crippen molar-refractivity contribution in [3.8, 4) is 0 Å². The maximum atomic E-state index is 5.15. The summed E-state index contributed by atoms with van der Waals surface area (Å²) >= 11 is 0. The summed E-state index contributed by atoms with van der Waals surface area (Å²) in [7, 11) is 1.66. The molecule has 1 aliphatic heterocycles. The van der Waals surface area contributed by atoms with Crippen molar-refractivity contribution in [1.82, 2.24) is 0 Å². The molecule has 0 saturated carbocycles. The molecule has 1 unspecified atom stereocenters. The van der Waals surface area contributed by atoms with Crippen molar-refractivity contribution in [3.05, 3.63) is 23.3 Å². The fourth-order valence-electron chi connectivity index (χ4n) is 1.56. The Kier molecular flexibility index (Phi) is 3.29. The Labute approximate surface area is 80.0 Å². The number of hydrogen-bond acceptors (Lipinski definition) is 2. The first-order valence-electron chi connectivity index (χ1n) is 4.59. The highest BCUT2D eigenvalue weighted by Crippen LogP contribution is 2.14. The van der Waals surface area contributed by atoms with Crippen LogP contribution in [0.15, 0.2) is 28.3 Å². The van der Waals surface area contributed by atoms with Crippen LogP contribution in [0.4, 0.5) is 0 Å². The second kappa shape index (κ2) is 4.26. The molecule has 0 aliphatic carbocycles. The lowest BCUT2D eigenvalue weighted by Gasteiger charge is -2.12. The molecule has 13 heavy (non-hydrogen) atoms. The zero-order chi connectivity index (χ0) is 9.84. The highest BCUT2D eigenvalue weighted by Gasteiger charge is 2.06. The molecular weight excluding hydrogens is 162 g/mol. The lowest BCUT2D eigenvalue weighted by atomic mass is 10.1. The molecule has 0 aromatic heterocycles. The molecule has 0 aromatic rings. The van der Waals surface area contributed by atoms with Gasteiger partial charge in [-0.15, -0.1) is 0 Å². The van der Waals surface area contributed by atoms with Gasteiger partial charge in [-0.3, -0.25) is 0 Å². The van der Waals surface area contributed by atoms with Crippen LogP contribution in [0.3, 0.4) is 0 Å². The third-order valence-corrected chi connectivity index (χ3v) is 2.00. The maximum Gasteiger partial charge on any atom is 0.208 e. The SMILES string of the molecule is COC1=NC(C)CC(C)=CC(C)=C1. The number of hydrogen-bond donors (Lipinski definition) is 0. The van der Waals surface area contributed by atoms with Gasteiger partial charge in [0.15, 0.2) is 0 Å². The van der Waals surface area contributed by atoms with Gasteiger partial charge in [0.2, 0.25) is 5.90 Å². The second-order valence-corrected chi connectivity index (χ2v) is 3.60. The maximum absolute atomic E-state index is 5.15. The van der Waals surface area contributed by atoms with Crippen molar-refractivity contribution >= 4 is 5.90 Å². The van der Waals surface area contributed by atoms with Crippen LogP contribution in [0.5, 0.6) is 0 Å². The average molecular weight is 179 g/mol. The second-order valence-electron chi connectivity index (χ2n) is 3.60. The van der Waals surface area contributed by atoms with Gasteiger partial charge in [0.25, 0.3) is 0 Å². The van der Waals surface area contributed by atoms with Crippen LogP contribution in [0.2, 0.25) is 0 Å². The minimum Gasteiger partial charge on any atom is -0.481 e. The van der Waals surface area contributed by atoms with Crippen LogP contribution in [0, 0.1) is 0 Å². The van der Waals surface area contributed by atoms with Crippen LogP contribution in [-0.4, -0.2) is 19.0 Å². The number of ether oxygens (including phenoxy) is 1. The highest BCUT2D eigenvalue weighted by atomic mass is 16.5. The predicted octanol–water partition coefficient (Wildman–Crippen LogP) is 2.72. The van der Waals surface area contributed by atoms with Gasteiger partial charge in [-0.1, -0.05) is 11.6 Å². The molecule has 1 heterocycles. The van der Waals surface area contributed by atoms with Crippen LogP contribution >= 0.6 is 0 Å². The van der Waals surface area contributed by atoms with Crippen molar-refractivity contribution in [2.45, 2.75) is 33.2 Å². The molecule has 0 spiro atoms. The summed E-state index contributed by atoms with van der Waals surface area (Å²) in [6.45, 7) is 6.31. The number of nitrogens with zero attached hydrogens (tertiary/aromatic N) is 1. The van der Waals surface area contributed by atoms with Crippen molar-refractivity contribution in [3.63, 3.8) is 0 Å². The van der Waals surface area contributed by atoms with Crippen molar-refractivity contribution in [1.29, 1.82) is 0 Å². The number of aliphatic imine (C=N–C) groups is 1. The van der Waals surface area contributed by atoms with E-state index >= 15 is 0 Å². The fraction of sp³-hybridized carbons (Fsp3) is 0.545. The fourth-order valence-corrected chi connectivity index (χ4v) is 1.56. The van der Waals surface area contributed by atoms with Crippen molar-refractivity contribution < 1.29 is 4.74 Å². The summed E-state index contributed by atoms with van der Waals surface area (Å²) in [5.74, 6) is 0.730. The average Bonchev–Trinajstić information content (AvgIpc) is 1.99. The van der Waals surface area contributed by atoms with E-state index < -0.39 is 0 Å². The molecule has 2 nitrogen and oxygen atoms in total. The summed E-state index contributed by atoms with van der Waals surface area (Å²) in [5.41, 5.74) is 2.57. The first-order chi connectivity index (χ1) is 6.11. The van der Waals surface area contributed by atoms with Crippen molar-refractivity contribution in [2.24, 2.45) is 4.99 Å². The summed E-state index contributed by atoms with van der Waals surface area (Å²) in [4.78, 5) is 4.43. The van der Waals surface area contributed by atoms with E-state index in [-0.39, 0.29) is 0 Å². The van der Waals surface area contributed by atoms with E-state index in [4.69, 9.17) is 4.74 Å². The Morgan fingerprint density at radius 1 is 1.38 bits per heavy atom. The van der Waals surface area contributed by atoms with Gasteiger partial charge in [0.05, 0.1) is 13.2 Å². The zero-order valence-electron chi connectivity index (χ0n) is 8.79. The van der Waals surface area contributed by atoms with Gasteiger partial charge >= 0.3 is 0 Å². The molecule has 2 heteroatoms. The summed E-state index contributed by atoms with van der Waals surface area (Å²) in [6, 6.07) is 0.315. The van der Waals surface area contributed by atoms with E-state index in [9.17, 15) is 0 Å². The predicted molar refractivity (Wildman–Crippen MR) is 56.0 cm³/mol. The van der Waals surface area contributed by atoms with Gasteiger partial charge in [0, 0.05) is 6.08 Å². The van der Waals surface area contributed by atoms with Gasteiger partial charge in [-0.2, -0.15) is 0 Å². The Hall–Kier alpha value is -1.05. The Morgan fingerprint density at radius 2 is 2.08 bits per heavy atom. The molecule has 0 N–H and O–H groups in total. The number of allylic oxidation sites excluding steroid dienone is 2. The van der Waals surface area contributed by atoms with E-state index in [0.29, 0.717) is 6.04 Å². The van der Waals surface area contributed by atoms with Gasteiger partial charge in [-0.05, 0) is 32.8 Å². The lowest BCUT2D eigenvalue weighted by molar-refractivity contribution is 0.401. The summed E-state index contributed by atoms with van der Waals surface area (Å²) < 4.78 is 5.15. The molecule has 1 rings (SSSR count). The third kappa shape index (κ3) is 3.05. The van der Waals surface area contributed by atoms with Crippen LogP contribution < -0.4 is 0 Å². The van der Waals surface area contributed by atoms with E-state index in [0.717, 1.165) is 12.3 Å². The monoisotopic (exact) mass is 179 g/mol. The number of methoxy groups -OCH3 is 1. The standard InChI is InChI=1S/C11H17NO/c1-8-5-9(2)7-11(13-4)12-10(3)6-8/h5,7,10H,6H2,1-4H3. The van der Waals surface area contributed by atoms with E-state index in [1.165, 1.54) is 11.1 Å². The topological polar surface area (TPSA) is 21.6 Å². The highest BCUT2D eigenvalue weighted by molar-refractivity contribution is 5.89. The molecule has 0 aromatic carbocycles. The molecule has 0 fully saturated rings. The van der Waals surface area contributed by atoms with E-state index in [1.54, 1.807) is 7.11 Å². The van der Waals surface area contributed by atoms with Crippen molar-refractivity contribution in [2.75, 3.05) is 7.11 Å². The minimum absolute atomic E-state index is 0.315. The smallest absolute Gasteiger partial charge is 0.208 e. The molecule has 0 amide bonds. The van der Waals surface area contributed by atoms with Gasteiger partial charge in [0.1, 0.15) is 0 Å². The van der Waals surface area contributed by atoms with Crippen LogP contribution in [0.25, 0.3) is 0 Å². The molecule has 0 bridgehead atoms. The van der Waals surface area contributed by atoms with Gasteiger partial charge in [-0.25, -0.2) is 4.99 Å².